The van der Waals surface area contributed by atoms with E-state index < -0.39 is 0 Å². The van der Waals surface area contributed by atoms with Crippen molar-refractivity contribution in [1.82, 2.24) is 24.3 Å². The van der Waals surface area contributed by atoms with Crippen molar-refractivity contribution in [2.45, 2.75) is 51.5 Å². The summed E-state index contributed by atoms with van der Waals surface area (Å²) in [7, 11) is 1.72. The summed E-state index contributed by atoms with van der Waals surface area (Å²) in [6, 6.07) is 12.3. The Balaban J connectivity index is 1.52. The van der Waals surface area contributed by atoms with Gasteiger partial charge in [-0.1, -0.05) is 31.2 Å². The molecule has 0 fully saturated rings. The minimum absolute atomic E-state index is 0.161. The van der Waals surface area contributed by atoms with E-state index >= 15 is 0 Å². The first-order valence-electron chi connectivity index (χ1n) is 12.6. The van der Waals surface area contributed by atoms with Crippen LogP contribution in [-0.4, -0.2) is 38.0 Å². The maximum absolute atomic E-state index is 13.2. The first kappa shape index (κ1) is 23.9. The van der Waals surface area contributed by atoms with E-state index in [0.29, 0.717) is 35.3 Å². The van der Waals surface area contributed by atoms with E-state index in [1.165, 1.54) is 11.1 Å². The number of ether oxygens (including phenoxy) is 1. The molecule has 3 aromatic heterocycles. The van der Waals surface area contributed by atoms with Gasteiger partial charge in [-0.3, -0.25) is 4.79 Å². The molecule has 36 heavy (non-hydrogen) atoms. The maximum atomic E-state index is 13.2. The lowest BCUT2D eigenvalue weighted by atomic mass is 10.0. The van der Waals surface area contributed by atoms with Crippen LogP contribution in [0.4, 0.5) is 11.6 Å². The van der Waals surface area contributed by atoms with Gasteiger partial charge in [-0.25, -0.2) is 19.3 Å². The van der Waals surface area contributed by atoms with Crippen molar-refractivity contribution < 1.29 is 4.74 Å². The van der Waals surface area contributed by atoms with Gasteiger partial charge in [0, 0.05) is 37.2 Å². The molecule has 1 aliphatic rings. The van der Waals surface area contributed by atoms with Crippen molar-refractivity contribution >= 4 is 22.7 Å². The zero-order valence-corrected chi connectivity index (χ0v) is 20.9. The molecule has 1 atom stereocenters. The minimum atomic E-state index is -0.161. The molecule has 5 rings (SSSR count). The lowest BCUT2D eigenvalue weighted by Crippen LogP contribution is -2.22. The molecule has 1 N–H and O–H groups in total. The second-order valence-corrected chi connectivity index (χ2v) is 9.19. The Labute approximate surface area is 210 Å². The van der Waals surface area contributed by atoms with Crippen LogP contribution in [0.2, 0.25) is 0 Å². The predicted octanol–water partition coefficient (Wildman–Crippen LogP) is 4.93. The number of benzene rings is 1. The fourth-order valence-electron chi connectivity index (χ4n) is 4.95. The molecule has 0 amide bonds. The zero-order chi connectivity index (χ0) is 25.1. The standard InChI is InChI=1S/C28H32N6O2/c1-4-16-33-27(35)23-18-29-28(30-22-13-8-19(9-14-22)7-6-17-36-3)32-26(23)34(33)24-15-12-21-11-10-20(5-2)25(21)31-24/h4,8-9,12-15,18,20H,1,5-7,10-11,16-17H2,2-3H3,(H,29,30,32). The van der Waals surface area contributed by atoms with Crippen molar-refractivity contribution in [3.63, 3.8) is 0 Å². The molecular formula is C28H32N6O2. The molecule has 0 aliphatic heterocycles. The fourth-order valence-corrected chi connectivity index (χ4v) is 4.95. The van der Waals surface area contributed by atoms with Gasteiger partial charge in [0.05, 0.1) is 6.54 Å². The van der Waals surface area contributed by atoms with Crippen LogP contribution in [0.15, 0.2) is 60.0 Å². The highest BCUT2D eigenvalue weighted by molar-refractivity contribution is 5.77. The van der Waals surface area contributed by atoms with E-state index in [9.17, 15) is 4.79 Å². The number of aryl methyl sites for hydroxylation is 2. The van der Waals surface area contributed by atoms with Gasteiger partial charge in [0.25, 0.3) is 5.56 Å². The predicted molar refractivity (Wildman–Crippen MR) is 142 cm³/mol. The van der Waals surface area contributed by atoms with E-state index in [4.69, 9.17) is 14.7 Å². The second-order valence-electron chi connectivity index (χ2n) is 9.19. The number of anilines is 2. The number of hydrogen-bond donors (Lipinski definition) is 1. The smallest absolute Gasteiger partial charge is 0.278 e. The van der Waals surface area contributed by atoms with Crippen LogP contribution in [0.25, 0.3) is 16.9 Å². The summed E-state index contributed by atoms with van der Waals surface area (Å²) < 4.78 is 8.56. The normalized spacial score (nSPS) is 14.8. The van der Waals surface area contributed by atoms with E-state index in [1.807, 2.05) is 18.2 Å². The van der Waals surface area contributed by atoms with Crippen molar-refractivity contribution in [2.75, 3.05) is 19.0 Å². The van der Waals surface area contributed by atoms with Crippen LogP contribution in [0.3, 0.4) is 0 Å². The summed E-state index contributed by atoms with van der Waals surface area (Å²) in [6.45, 7) is 7.13. The molecule has 0 saturated heterocycles. The summed E-state index contributed by atoms with van der Waals surface area (Å²) in [4.78, 5) is 27.4. The van der Waals surface area contributed by atoms with Gasteiger partial charge in [-0.05, 0) is 61.4 Å². The quantitative estimate of drug-likeness (QED) is 0.254. The van der Waals surface area contributed by atoms with E-state index in [0.717, 1.165) is 50.1 Å². The van der Waals surface area contributed by atoms with Crippen molar-refractivity contribution in [3.05, 3.63) is 82.4 Å². The number of rotatable bonds is 10. The topological polar surface area (TPSA) is 86.9 Å². The number of nitrogens with one attached hydrogen (secondary N) is 1. The van der Waals surface area contributed by atoms with Crippen molar-refractivity contribution in [3.8, 4) is 5.82 Å². The molecule has 8 heteroatoms. The average Bonchev–Trinajstić information content (AvgIpc) is 3.43. The Bertz CT molecular complexity index is 1440. The number of aromatic nitrogens is 5. The zero-order valence-electron chi connectivity index (χ0n) is 20.9. The SMILES string of the molecule is C=CCn1c(=O)c2cnc(Nc3ccc(CCCOC)cc3)nc2n1-c1ccc2c(n1)C(CC)CC2. The van der Waals surface area contributed by atoms with Crippen LogP contribution in [0.5, 0.6) is 0 Å². The highest BCUT2D eigenvalue weighted by Crippen LogP contribution is 2.34. The van der Waals surface area contributed by atoms with Gasteiger partial charge in [0.1, 0.15) is 5.39 Å². The number of pyridine rings is 1. The number of methoxy groups -OCH3 is 1. The fraction of sp³-hybridized carbons (Fsp3) is 0.357. The Hall–Kier alpha value is -3.78. The van der Waals surface area contributed by atoms with Gasteiger partial charge in [0.2, 0.25) is 5.95 Å². The molecule has 3 heterocycles. The molecule has 4 aromatic rings. The summed E-state index contributed by atoms with van der Waals surface area (Å²) in [5.41, 5.74) is 4.91. The van der Waals surface area contributed by atoms with Gasteiger partial charge in [-0.2, -0.15) is 4.98 Å². The van der Waals surface area contributed by atoms with Crippen LogP contribution >= 0.6 is 0 Å². The lowest BCUT2D eigenvalue weighted by Gasteiger charge is -2.13. The molecule has 1 unspecified atom stereocenters. The van der Waals surface area contributed by atoms with Crippen LogP contribution in [-0.2, 0) is 24.1 Å². The van der Waals surface area contributed by atoms with Gasteiger partial charge < -0.3 is 10.1 Å². The molecule has 8 nitrogen and oxygen atoms in total. The third-order valence-corrected chi connectivity index (χ3v) is 6.86. The largest absolute Gasteiger partial charge is 0.385 e. The first-order valence-corrected chi connectivity index (χ1v) is 12.6. The molecule has 186 valence electrons. The van der Waals surface area contributed by atoms with Crippen LogP contribution in [0.1, 0.15) is 48.9 Å². The molecule has 1 aliphatic carbocycles. The third-order valence-electron chi connectivity index (χ3n) is 6.86. The van der Waals surface area contributed by atoms with E-state index in [-0.39, 0.29) is 5.56 Å². The Morgan fingerprint density at radius 1 is 1.19 bits per heavy atom. The highest BCUT2D eigenvalue weighted by atomic mass is 16.5. The summed E-state index contributed by atoms with van der Waals surface area (Å²) >= 11 is 0. The second kappa shape index (κ2) is 10.5. The molecule has 0 radical (unpaired) electrons. The van der Waals surface area contributed by atoms with Gasteiger partial charge in [0.15, 0.2) is 11.5 Å². The Kier molecular flexibility index (Phi) is 6.95. The molecule has 0 bridgehead atoms. The molecule has 0 spiro atoms. The maximum Gasteiger partial charge on any atom is 0.278 e. The van der Waals surface area contributed by atoms with Crippen molar-refractivity contribution in [1.29, 1.82) is 0 Å². The van der Waals surface area contributed by atoms with Gasteiger partial charge in [-0.15, -0.1) is 6.58 Å². The number of hydrogen-bond acceptors (Lipinski definition) is 6. The number of nitrogens with zero attached hydrogens (tertiary/aromatic N) is 5. The van der Waals surface area contributed by atoms with Crippen LogP contribution < -0.4 is 10.9 Å². The van der Waals surface area contributed by atoms with Crippen molar-refractivity contribution in [2.24, 2.45) is 0 Å². The number of allylic oxidation sites excluding steroid dienone is 1. The van der Waals surface area contributed by atoms with E-state index in [2.05, 4.69) is 42.0 Å². The highest BCUT2D eigenvalue weighted by Gasteiger charge is 2.25. The lowest BCUT2D eigenvalue weighted by molar-refractivity contribution is 0.195. The minimum Gasteiger partial charge on any atom is -0.385 e. The van der Waals surface area contributed by atoms with Crippen LogP contribution in [0, 0.1) is 0 Å². The molecule has 1 aromatic carbocycles. The monoisotopic (exact) mass is 484 g/mol. The first-order chi connectivity index (χ1) is 17.6. The Morgan fingerprint density at radius 2 is 2.03 bits per heavy atom. The average molecular weight is 485 g/mol. The summed E-state index contributed by atoms with van der Waals surface area (Å²) in [5.74, 6) is 1.56. The molecular weight excluding hydrogens is 452 g/mol. The van der Waals surface area contributed by atoms with E-state index in [1.54, 1.807) is 28.7 Å². The summed E-state index contributed by atoms with van der Waals surface area (Å²) in [6.07, 6.45) is 8.47. The molecule has 0 saturated carbocycles. The summed E-state index contributed by atoms with van der Waals surface area (Å²) in [5, 5.41) is 3.72. The Morgan fingerprint density at radius 3 is 2.78 bits per heavy atom. The number of fused-ring (bicyclic) bond motifs is 2. The third kappa shape index (κ3) is 4.56. The van der Waals surface area contributed by atoms with Gasteiger partial charge >= 0.3 is 0 Å².